The van der Waals surface area contributed by atoms with Gasteiger partial charge < -0.3 is 0 Å². The summed E-state index contributed by atoms with van der Waals surface area (Å²) in [7, 11) is 0. The van der Waals surface area contributed by atoms with Gasteiger partial charge in [-0.15, -0.1) is 0 Å². The molecule has 0 nitrogen and oxygen atoms in total. The Hall–Kier alpha value is -0.650. The van der Waals surface area contributed by atoms with Crippen LogP contribution in [0, 0.1) is 0 Å². The molecule has 0 aliphatic rings. The van der Waals surface area contributed by atoms with Crippen molar-refractivity contribution in [3.05, 3.63) is 32.9 Å². The SMILES string of the molecule is C=C=S.C=C=S.C=C=S.C=C=S.C=C=S. The van der Waals surface area contributed by atoms with Crippen molar-refractivity contribution in [2.45, 2.75) is 0 Å². The zero-order chi connectivity index (χ0) is 13.5. The molecule has 0 N–H and O–H groups in total. The Bertz CT molecular complexity index is 189. The summed E-state index contributed by atoms with van der Waals surface area (Å²) < 4.78 is 0. The molecule has 0 aliphatic heterocycles. The third kappa shape index (κ3) is 4070. The number of hydrogen-bond acceptors (Lipinski definition) is 5. The van der Waals surface area contributed by atoms with Crippen LogP contribution < -0.4 is 0 Å². The van der Waals surface area contributed by atoms with Crippen molar-refractivity contribution in [1.82, 2.24) is 0 Å². The van der Waals surface area contributed by atoms with Gasteiger partial charge in [0.1, 0.15) is 0 Å². The molecule has 0 fully saturated rings. The minimum Gasteiger partial charge on any atom is -0.0539 e. The Balaban J connectivity index is -0.0000000278. The third-order valence-electron chi connectivity index (χ3n) is 0. The highest BCUT2D eigenvalue weighted by atomic mass is 32.1. The van der Waals surface area contributed by atoms with E-state index in [4.69, 9.17) is 0 Å². The molecule has 0 bridgehead atoms. The second kappa shape index (κ2) is 108. The molecule has 0 atom stereocenters. The van der Waals surface area contributed by atoms with Crippen molar-refractivity contribution in [2.75, 3.05) is 0 Å². The van der Waals surface area contributed by atoms with Gasteiger partial charge in [-0.1, -0.05) is 25.1 Å². The molecule has 0 rings (SSSR count). The van der Waals surface area contributed by atoms with Crippen LogP contribution in [0.25, 0.3) is 0 Å². The lowest BCUT2D eigenvalue weighted by atomic mass is 11.3. The van der Waals surface area contributed by atoms with Gasteiger partial charge in [-0.25, -0.2) is 0 Å². The quantitative estimate of drug-likeness (QED) is 0.620. The van der Waals surface area contributed by atoms with E-state index < -0.39 is 0 Å². The molecule has 0 spiro atoms. The monoisotopic (exact) mass is 290 g/mol. The summed E-state index contributed by atoms with van der Waals surface area (Å²) in [6.07, 6.45) is 0. The zero-order valence-corrected chi connectivity index (χ0v) is 12.2. The molecule has 0 saturated heterocycles. The maximum Gasteiger partial charge on any atom is -0.0285 e. The van der Waals surface area contributed by atoms with E-state index in [-0.39, 0.29) is 0 Å². The molecule has 0 heterocycles. The summed E-state index contributed by atoms with van der Waals surface area (Å²) in [4.78, 5) is 0. The van der Waals surface area contributed by atoms with E-state index in [1.807, 2.05) is 0 Å². The lowest BCUT2D eigenvalue weighted by Gasteiger charge is -1.04. The summed E-state index contributed by atoms with van der Waals surface area (Å²) in [6.45, 7) is 15.3. The fraction of sp³-hybridized carbons (Fsp3) is 0. The van der Waals surface area contributed by atoms with Gasteiger partial charge >= 0.3 is 0 Å². The largest absolute Gasteiger partial charge is 0.0539 e. The van der Waals surface area contributed by atoms with E-state index in [0.717, 1.165) is 0 Å². The van der Waals surface area contributed by atoms with Gasteiger partial charge in [0.15, 0.2) is 0 Å². The first kappa shape index (κ1) is 29.3. The van der Waals surface area contributed by atoms with Crippen LogP contribution in [0.2, 0.25) is 0 Å². The number of rotatable bonds is 0. The third-order valence-corrected chi connectivity index (χ3v) is 0. The molecule has 0 aromatic carbocycles. The van der Waals surface area contributed by atoms with E-state index in [0.29, 0.717) is 0 Å². The minimum atomic E-state index is 2.08. The fourth-order valence-corrected chi connectivity index (χ4v) is 0. The van der Waals surface area contributed by atoms with Crippen molar-refractivity contribution in [1.29, 1.82) is 0 Å². The van der Waals surface area contributed by atoms with Crippen molar-refractivity contribution in [3.63, 3.8) is 0 Å². The Morgan fingerprint density at radius 1 is 0.400 bits per heavy atom. The standard InChI is InChI=1S/5C2H2S/c5*1-2-3/h5*1H2. The molecule has 0 aromatic heterocycles. The van der Waals surface area contributed by atoms with Gasteiger partial charge in [0.05, 0.1) is 0 Å². The number of thiocarbonyl (C=S) groups is 5. The molecule has 0 unspecified atom stereocenters. The van der Waals surface area contributed by atoms with Crippen LogP contribution in [0.4, 0.5) is 0 Å². The van der Waals surface area contributed by atoms with Gasteiger partial charge in [-0.05, 0) is 94.0 Å². The van der Waals surface area contributed by atoms with Crippen LogP contribution in [0.1, 0.15) is 0 Å². The summed E-state index contributed by atoms with van der Waals surface area (Å²) in [5.74, 6) is 0. The second-order valence-corrected chi connectivity index (χ2v) is 2.17. The summed E-state index contributed by atoms with van der Waals surface area (Å²) in [5, 5.41) is 10.4. The number of hydrogen-bond donors (Lipinski definition) is 0. The van der Waals surface area contributed by atoms with E-state index in [2.05, 4.69) is 119 Å². The first-order valence-electron chi connectivity index (χ1n) is 2.79. The zero-order valence-electron chi connectivity index (χ0n) is 8.08. The van der Waals surface area contributed by atoms with Crippen LogP contribution >= 0.6 is 61.1 Å². The maximum atomic E-state index is 4.03. The molecule has 15 heavy (non-hydrogen) atoms. The topological polar surface area (TPSA) is 0 Å². The molecule has 0 aliphatic carbocycles. The van der Waals surface area contributed by atoms with Crippen molar-refractivity contribution in [2.24, 2.45) is 0 Å². The molecule has 0 aromatic rings. The second-order valence-electron chi connectivity index (χ2n) is 0.722. The summed E-state index contributed by atoms with van der Waals surface area (Å²) >= 11 is 20.2. The molecule has 0 saturated carbocycles. The maximum absolute atomic E-state index is 4.03. The molecular formula is C10H10S5. The first-order chi connectivity index (χ1) is 7.07. The van der Waals surface area contributed by atoms with E-state index >= 15 is 0 Å². The van der Waals surface area contributed by atoms with E-state index in [1.54, 1.807) is 0 Å². The lowest BCUT2D eigenvalue weighted by Crippen LogP contribution is -1.01. The molecule has 5 heteroatoms. The van der Waals surface area contributed by atoms with Gasteiger partial charge in [-0.2, -0.15) is 0 Å². The predicted octanol–water partition coefficient (Wildman–Crippen LogP) is 3.86. The van der Waals surface area contributed by atoms with E-state index in [9.17, 15) is 0 Å². The summed E-state index contributed by atoms with van der Waals surface area (Å²) in [5.41, 5.74) is 0. The minimum absolute atomic E-state index is 2.08. The van der Waals surface area contributed by atoms with Gasteiger partial charge in [0.25, 0.3) is 0 Å². The Morgan fingerprint density at radius 3 is 0.400 bits per heavy atom. The Morgan fingerprint density at radius 2 is 0.400 bits per heavy atom. The average molecular weight is 291 g/mol. The smallest absolute Gasteiger partial charge is 0.0285 e. The lowest BCUT2D eigenvalue weighted by molar-refractivity contribution is 3.21. The van der Waals surface area contributed by atoms with E-state index in [1.165, 1.54) is 0 Å². The highest BCUT2D eigenvalue weighted by molar-refractivity contribution is 7.79. The van der Waals surface area contributed by atoms with Crippen LogP contribution in [0.15, 0.2) is 32.9 Å². The average Bonchev–Trinajstić information content (AvgIpc) is 2.09. The highest BCUT2D eigenvalue weighted by Gasteiger charge is 0.967. The van der Waals surface area contributed by atoms with Gasteiger partial charge in [0, 0.05) is 0 Å². The Kier molecular flexibility index (Phi) is 210. The van der Waals surface area contributed by atoms with Gasteiger partial charge in [-0.3, -0.25) is 0 Å². The molecule has 0 radical (unpaired) electrons. The highest BCUT2D eigenvalue weighted by Crippen LogP contribution is 1.18. The van der Waals surface area contributed by atoms with Crippen molar-refractivity contribution in [3.8, 4) is 0 Å². The van der Waals surface area contributed by atoms with Crippen LogP contribution in [0.5, 0.6) is 0 Å². The van der Waals surface area contributed by atoms with Crippen molar-refractivity contribution >= 4 is 86.2 Å². The first-order valence-corrected chi connectivity index (χ1v) is 4.83. The van der Waals surface area contributed by atoms with Crippen LogP contribution in [0.3, 0.4) is 0 Å². The predicted molar refractivity (Wildman–Crippen MR) is 91.1 cm³/mol. The normalized spacial score (nSPS) is 2.67. The molecule has 80 valence electrons. The molecule has 0 amide bonds. The molecular weight excluding hydrogens is 280 g/mol. The van der Waals surface area contributed by atoms with Crippen LogP contribution in [-0.2, 0) is 0 Å². The Labute approximate surface area is 118 Å². The summed E-state index contributed by atoms with van der Waals surface area (Å²) in [6, 6.07) is 0. The fourth-order valence-electron chi connectivity index (χ4n) is 0. The van der Waals surface area contributed by atoms with Crippen molar-refractivity contribution < 1.29 is 0 Å². The van der Waals surface area contributed by atoms with Crippen LogP contribution in [-0.4, -0.2) is 25.1 Å². The van der Waals surface area contributed by atoms with Gasteiger partial charge in [0.2, 0.25) is 0 Å².